The van der Waals surface area contributed by atoms with E-state index >= 15 is 0 Å². The summed E-state index contributed by atoms with van der Waals surface area (Å²) in [5.74, 6) is -1.06. The largest absolute Gasteiger partial charge is 0.452 e. The molecule has 0 spiro atoms. The SMILES string of the molecule is Nc1ccc(C(=O)OCC(=O)Nc2ccccc2)cc1Cl. The Morgan fingerprint density at radius 3 is 2.52 bits per heavy atom. The Kier molecular flexibility index (Phi) is 4.79. The normalized spacial score (nSPS) is 9.95. The second-order valence-electron chi connectivity index (χ2n) is 4.23. The number of hydrogen-bond acceptors (Lipinski definition) is 4. The van der Waals surface area contributed by atoms with Gasteiger partial charge in [-0.05, 0) is 30.3 Å². The van der Waals surface area contributed by atoms with Gasteiger partial charge in [0.2, 0.25) is 0 Å². The smallest absolute Gasteiger partial charge is 0.338 e. The molecule has 2 rings (SSSR count). The number of carbonyl (C=O) groups is 2. The Labute approximate surface area is 126 Å². The molecular formula is C15H13ClN2O3. The predicted molar refractivity (Wildman–Crippen MR) is 81.2 cm³/mol. The van der Waals surface area contributed by atoms with Crippen LogP contribution in [0, 0.1) is 0 Å². The van der Waals surface area contributed by atoms with Crippen LogP contribution in [0.3, 0.4) is 0 Å². The van der Waals surface area contributed by atoms with Gasteiger partial charge in [0.1, 0.15) is 0 Å². The van der Waals surface area contributed by atoms with Crippen LogP contribution in [0.5, 0.6) is 0 Å². The number of halogens is 1. The second kappa shape index (κ2) is 6.76. The van der Waals surface area contributed by atoms with Crippen molar-refractivity contribution in [2.45, 2.75) is 0 Å². The number of esters is 1. The molecule has 2 aromatic carbocycles. The minimum atomic E-state index is -0.639. The third-order valence-electron chi connectivity index (χ3n) is 2.63. The summed E-state index contributed by atoms with van der Waals surface area (Å²) < 4.78 is 4.91. The van der Waals surface area contributed by atoms with E-state index in [1.807, 2.05) is 6.07 Å². The molecule has 6 heteroatoms. The minimum Gasteiger partial charge on any atom is -0.452 e. The fourth-order valence-electron chi connectivity index (χ4n) is 1.59. The third kappa shape index (κ3) is 4.22. The van der Waals surface area contributed by atoms with Crippen molar-refractivity contribution in [2.75, 3.05) is 17.7 Å². The van der Waals surface area contributed by atoms with Crippen molar-refractivity contribution in [1.82, 2.24) is 0 Å². The van der Waals surface area contributed by atoms with Gasteiger partial charge in [0.05, 0.1) is 16.3 Å². The standard InChI is InChI=1S/C15H13ClN2O3/c16-12-8-10(6-7-13(12)17)15(20)21-9-14(19)18-11-4-2-1-3-5-11/h1-8H,9,17H2,(H,18,19). The van der Waals surface area contributed by atoms with Crippen molar-refractivity contribution in [3.63, 3.8) is 0 Å². The van der Waals surface area contributed by atoms with Crippen molar-refractivity contribution in [1.29, 1.82) is 0 Å². The Bertz CT molecular complexity index is 659. The van der Waals surface area contributed by atoms with Crippen LogP contribution >= 0.6 is 11.6 Å². The first-order valence-electron chi connectivity index (χ1n) is 6.13. The monoisotopic (exact) mass is 304 g/mol. The van der Waals surface area contributed by atoms with Crippen molar-refractivity contribution in [3.05, 3.63) is 59.1 Å². The number of nitrogens with one attached hydrogen (secondary N) is 1. The van der Waals surface area contributed by atoms with E-state index in [0.29, 0.717) is 11.4 Å². The molecular weight excluding hydrogens is 292 g/mol. The highest BCUT2D eigenvalue weighted by Crippen LogP contribution is 2.20. The Balaban J connectivity index is 1.89. The van der Waals surface area contributed by atoms with Gasteiger partial charge in [-0.1, -0.05) is 29.8 Å². The minimum absolute atomic E-state index is 0.238. The summed E-state index contributed by atoms with van der Waals surface area (Å²) in [6.07, 6.45) is 0. The molecule has 0 saturated heterocycles. The zero-order valence-electron chi connectivity index (χ0n) is 11.0. The Hall–Kier alpha value is -2.53. The maximum Gasteiger partial charge on any atom is 0.338 e. The number of rotatable bonds is 4. The molecule has 0 heterocycles. The number of amides is 1. The summed E-state index contributed by atoms with van der Waals surface area (Å²) >= 11 is 5.82. The molecule has 0 aliphatic carbocycles. The predicted octanol–water partition coefficient (Wildman–Crippen LogP) is 2.72. The number of benzene rings is 2. The number of hydrogen-bond donors (Lipinski definition) is 2. The Morgan fingerprint density at radius 2 is 1.86 bits per heavy atom. The average Bonchev–Trinajstić information content (AvgIpc) is 2.48. The lowest BCUT2D eigenvalue weighted by molar-refractivity contribution is -0.119. The van der Waals surface area contributed by atoms with E-state index in [1.165, 1.54) is 18.2 Å². The zero-order valence-corrected chi connectivity index (χ0v) is 11.8. The summed E-state index contributed by atoms with van der Waals surface area (Å²) in [5.41, 5.74) is 6.79. The molecule has 0 radical (unpaired) electrons. The van der Waals surface area contributed by atoms with Gasteiger partial charge >= 0.3 is 5.97 Å². The molecule has 1 amide bonds. The van der Waals surface area contributed by atoms with Gasteiger partial charge in [-0.25, -0.2) is 4.79 Å². The van der Waals surface area contributed by atoms with E-state index in [-0.39, 0.29) is 17.2 Å². The highest BCUT2D eigenvalue weighted by molar-refractivity contribution is 6.33. The molecule has 0 atom stereocenters. The van der Waals surface area contributed by atoms with Crippen LogP contribution in [0.25, 0.3) is 0 Å². The van der Waals surface area contributed by atoms with Gasteiger partial charge in [0.25, 0.3) is 5.91 Å². The average molecular weight is 305 g/mol. The van der Waals surface area contributed by atoms with Gasteiger partial charge in [-0.15, -0.1) is 0 Å². The fourth-order valence-corrected chi connectivity index (χ4v) is 1.77. The molecule has 0 saturated carbocycles. The summed E-state index contributed by atoms with van der Waals surface area (Å²) in [6.45, 7) is -0.379. The summed E-state index contributed by atoms with van der Waals surface area (Å²) in [7, 11) is 0. The van der Waals surface area contributed by atoms with Gasteiger partial charge in [-0.3, -0.25) is 4.79 Å². The van der Waals surface area contributed by atoms with E-state index in [1.54, 1.807) is 24.3 Å². The summed E-state index contributed by atoms with van der Waals surface area (Å²) in [4.78, 5) is 23.4. The summed E-state index contributed by atoms with van der Waals surface area (Å²) in [5, 5.41) is 2.87. The molecule has 2 aromatic rings. The molecule has 0 unspecified atom stereocenters. The maximum atomic E-state index is 11.8. The van der Waals surface area contributed by atoms with Crippen molar-refractivity contribution in [2.24, 2.45) is 0 Å². The molecule has 21 heavy (non-hydrogen) atoms. The Morgan fingerprint density at radius 1 is 1.14 bits per heavy atom. The van der Waals surface area contributed by atoms with Crippen LogP contribution in [0.15, 0.2) is 48.5 Å². The lowest BCUT2D eigenvalue weighted by atomic mass is 10.2. The quantitative estimate of drug-likeness (QED) is 0.672. The number of para-hydroxylation sites is 1. The lowest BCUT2D eigenvalue weighted by Crippen LogP contribution is -2.20. The fraction of sp³-hybridized carbons (Fsp3) is 0.0667. The summed E-state index contributed by atoms with van der Waals surface area (Å²) in [6, 6.07) is 13.3. The van der Waals surface area contributed by atoms with Crippen LogP contribution in [-0.2, 0) is 9.53 Å². The lowest BCUT2D eigenvalue weighted by Gasteiger charge is -2.07. The van der Waals surface area contributed by atoms with Crippen LogP contribution in [0.1, 0.15) is 10.4 Å². The van der Waals surface area contributed by atoms with Crippen molar-refractivity contribution in [3.8, 4) is 0 Å². The second-order valence-corrected chi connectivity index (χ2v) is 4.63. The number of nitrogens with two attached hydrogens (primary N) is 1. The molecule has 3 N–H and O–H groups in total. The van der Waals surface area contributed by atoms with E-state index in [0.717, 1.165) is 0 Å². The van der Waals surface area contributed by atoms with E-state index in [4.69, 9.17) is 22.1 Å². The highest BCUT2D eigenvalue weighted by atomic mass is 35.5. The van der Waals surface area contributed by atoms with Gasteiger partial charge < -0.3 is 15.8 Å². The number of nitrogen functional groups attached to an aromatic ring is 1. The van der Waals surface area contributed by atoms with E-state index in [2.05, 4.69) is 5.32 Å². The topological polar surface area (TPSA) is 81.4 Å². The first-order chi connectivity index (χ1) is 10.1. The molecule has 0 aromatic heterocycles. The van der Waals surface area contributed by atoms with Crippen LogP contribution in [0.4, 0.5) is 11.4 Å². The molecule has 108 valence electrons. The van der Waals surface area contributed by atoms with Crippen LogP contribution < -0.4 is 11.1 Å². The van der Waals surface area contributed by atoms with Gasteiger partial charge in [-0.2, -0.15) is 0 Å². The molecule has 0 aliphatic rings. The van der Waals surface area contributed by atoms with Gasteiger partial charge in [0, 0.05) is 5.69 Å². The molecule has 0 aliphatic heterocycles. The zero-order chi connectivity index (χ0) is 15.2. The van der Waals surface area contributed by atoms with Crippen molar-refractivity contribution >= 4 is 34.9 Å². The van der Waals surface area contributed by atoms with Crippen LogP contribution in [0.2, 0.25) is 5.02 Å². The first-order valence-corrected chi connectivity index (χ1v) is 6.51. The van der Waals surface area contributed by atoms with Crippen LogP contribution in [-0.4, -0.2) is 18.5 Å². The van der Waals surface area contributed by atoms with Crippen molar-refractivity contribution < 1.29 is 14.3 Å². The number of carbonyl (C=O) groups excluding carboxylic acids is 2. The maximum absolute atomic E-state index is 11.8. The molecule has 0 bridgehead atoms. The molecule has 0 fully saturated rings. The number of ether oxygens (including phenoxy) is 1. The van der Waals surface area contributed by atoms with E-state index in [9.17, 15) is 9.59 Å². The first kappa shape index (κ1) is 14.9. The third-order valence-corrected chi connectivity index (χ3v) is 2.96. The van der Waals surface area contributed by atoms with E-state index < -0.39 is 11.9 Å². The molecule has 5 nitrogen and oxygen atoms in total. The number of anilines is 2. The van der Waals surface area contributed by atoms with Gasteiger partial charge in [0.15, 0.2) is 6.61 Å². The highest BCUT2D eigenvalue weighted by Gasteiger charge is 2.11.